The van der Waals surface area contributed by atoms with Crippen LogP contribution < -0.4 is 0 Å². The zero-order valence-corrected chi connectivity index (χ0v) is 10.2. The van der Waals surface area contributed by atoms with Crippen LogP contribution in [0.2, 0.25) is 0 Å². The standard InChI is InChI=1S/C11H18O4S/c12-11(9-5-6-15-7-9)8-16(13,14)10-3-1-2-4-10/h9-10H,1-8H2. The number of sulfone groups is 1. The summed E-state index contributed by atoms with van der Waals surface area (Å²) in [5.74, 6) is -0.605. The predicted molar refractivity (Wildman–Crippen MR) is 60.0 cm³/mol. The van der Waals surface area contributed by atoms with Gasteiger partial charge in [-0.25, -0.2) is 8.42 Å². The van der Waals surface area contributed by atoms with Crippen LogP contribution in [-0.4, -0.2) is 38.4 Å². The Morgan fingerprint density at radius 1 is 1.19 bits per heavy atom. The average Bonchev–Trinajstić information content (AvgIpc) is 2.91. The van der Waals surface area contributed by atoms with Crippen LogP contribution in [-0.2, 0) is 19.4 Å². The first kappa shape index (κ1) is 12.0. The smallest absolute Gasteiger partial charge is 0.160 e. The quantitative estimate of drug-likeness (QED) is 0.741. The van der Waals surface area contributed by atoms with E-state index < -0.39 is 9.84 Å². The van der Waals surface area contributed by atoms with Crippen molar-refractivity contribution >= 4 is 15.6 Å². The van der Waals surface area contributed by atoms with Gasteiger partial charge in [-0.05, 0) is 19.3 Å². The van der Waals surface area contributed by atoms with E-state index in [0.717, 1.165) is 25.7 Å². The predicted octanol–water partition coefficient (Wildman–Crippen LogP) is 0.949. The van der Waals surface area contributed by atoms with Gasteiger partial charge < -0.3 is 4.74 Å². The van der Waals surface area contributed by atoms with Crippen LogP contribution in [0.3, 0.4) is 0 Å². The first-order valence-electron chi connectivity index (χ1n) is 5.91. The monoisotopic (exact) mass is 246 g/mol. The number of hydrogen-bond donors (Lipinski definition) is 0. The minimum Gasteiger partial charge on any atom is -0.381 e. The number of ketones is 1. The lowest BCUT2D eigenvalue weighted by molar-refractivity contribution is -0.120. The molecule has 0 N–H and O–H groups in total. The first-order valence-corrected chi connectivity index (χ1v) is 7.63. The van der Waals surface area contributed by atoms with Gasteiger partial charge in [-0.15, -0.1) is 0 Å². The minimum absolute atomic E-state index is 0.149. The lowest BCUT2D eigenvalue weighted by Gasteiger charge is -2.12. The van der Waals surface area contributed by atoms with E-state index in [2.05, 4.69) is 0 Å². The molecule has 0 aromatic carbocycles. The first-order chi connectivity index (χ1) is 7.59. The molecular formula is C11H18O4S. The number of rotatable bonds is 4. The third-order valence-corrected chi connectivity index (χ3v) is 5.71. The fourth-order valence-electron chi connectivity index (χ4n) is 2.47. The average molecular weight is 246 g/mol. The van der Waals surface area contributed by atoms with Crippen molar-refractivity contribution in [1.82, 2.24) is 0 Å². The third-order valence-electron chi connectivity index (χ3n) is 3.54. The molecule has 1 heterocycles. The number of Topliss-reactive ketones (excluding diaryl/α,β-unsaturated/α-hetero) is 1. The molecule has 0 amide bonds. The molecule has 0 aromatic heterocycles. The Hall–Kier alpha value is -0.420. The lowest BCUT2D eigenvalue weighted by Crippen LogP contribution is -2.29. The van der Waals surface area contributed by atoms with Crippen molar-refractivity contribution in [3.05, 3.63) is 0 Å². The summed E-state index contributed by atoms with van der Waals surface area (Å²) in [4.78, 5) is 11.8. The van der Waals surface area contributed by atoms with Crippen LogP contribution in [0.15, 0.2) is 0 Å². The van der Waals surface area contributed by atoms with Gasteiger partial charge in [-0.2, -0.15) is 0 Å². The van der Waals surface area contributed by atoms with E-state index in [-0.39, 0.29) is 22.7 Å². The van der Waals surface area contributed by atoms with E-state index >= 15 is 0 Å². The molecule has 0 aromatic rings. The van der Waals surface area contributed by atoms with Crippen molar-refractivity contribution in [2.75, 3.05) is 19.0 Å². The molecule has 4 nitrogen and oxygen atoms in total. The molecule has 1 atom stereocenters. The Labute approximate surface area is 96.3 Å². The summed E-state index contributed by atoms with van der Waals surface area (Å²) in [7, 11) is -3.20. The molecule has 1 saturated heterocycles. The Morgan fingerprint density at radius 2 is 1.88 bits per heavy atom. The van der Waals surface area contributed by atoms with E-state index in [4.69, 9.17) is 4.74 Å². The highest BCUT2D eigenvalue weighted by atomic mass is 32.2. The Balaban J connectivity index is 1.94. The van der Waals surface area contributed by atoms with Crippen LogP contribution in [0.4, 0.5) is 0 Å². The highest BCUT2D eigenvalue weighted by Gasteiger charge is 2.33. The molecular weight excluding hydrogens is 228 g/mol. The molecule has 16 heavy (non-hydrogen) atoms. The maximum atomic E-state index is 11.9. The zero-order valence-electron chi connectivity index (χ0n) is 9.35. The molecule has 2 rings (SSSR count). The summed E-state index contributed by atoms with van der Waals surface area (Å²) in [6.45, 7) is 0.985. The van der Waals surface area contributed by atoms with Crippen molar-refractivity contribution < 1.29 is 17.9 Å². The van der Waals surface area contributed by atoms with Crippen molar-refractivity contribution in [2.45, 2.75) is 37.4 Å². The fraction of sp³-hybridized carbons (Fsp3) is 0.909. The molecule has 1 unspecified atom stereocenters. The molecule has 2 fully saturated rings. The van der Waals surface area contributed by atoms with E-state index in [9.17, 15) is 13.2 Å². The van der Waals surface area contributed by atoms with E-state index in [1.807, 2.05) is 0 Å². The summed E-state index contributed by atoms with van der Waals surface area (Å²) in [5, 5.41) is -0.265. The largest absolute Gasteiger partial charge is 0.381 e. The minimum atomic E-state index is -3.20. The SMILES string of the molecule is O=C(CS(=O)(=O)C1CCCC1)C1CCOC1. The molecule has 1 aliphatic heterocycles. The Bertz CT molecular complexity index is 348. The Morgan fingerprint density at radius 3 is 2.44 bits per heavy atom. The molecule has 0 spiro atoms. The van der Waals surface area contributed by atoms with E-state index in [1.165, 1.54) is 0 Å². The second-order valence-electron chi connectivity index (χ2n) is 4.74. The van der Waals surface area contributed by atoms with Crippen molar-refractivity contribution in [3.8, 4) is 0 Å². The maximum Gasteiger partial charge on any atom is 0.160 e. The van der Waals surface area contributed by atoms with Gasteiger partial charge in [0, 0.05) is 12.5 Å². The summed E-state index contributed by atoms with van der Waals surface area (Å²) in [5.41, 5.74) is 0. The summed E-state index contributed by atoms with van der Waals surface area (Å²) < 4.78 is 29.0. The lowest BCUT2D eigenvalue weighted by atomic mass is 10.1. The van der Waals surface area contributed by atoms with Gasteiger partial charge in [0.2, 0.25) is 0 Å². The van der Waals surface area contributed by atoms with Gasteiger partial charge >= 0.3 is 0 Å². The molecule has 92 valence electrons. The summed E-state index contributed by atoms with van der Waals surface area (Å²) in [6, 6.07) is 0. The topological polar surface area (TPSA) is 60.4 Å². The second kappa shape index (κ2) is 4.84. The molecule has 1 saturated carbocycles. The second-order valence-corrected chi connectivity index (χ2v) is 7.02. The molecule has 5 heteroatoms. The fourth-order valence-corrected chi connectivity index (χ4v) is 4.39. The van der Waals surface area contributed by atoms with Crippen LogP contribution >= 0.6 is 0 Å². The van der Waals surface area contributed by atoms with Gasteiger partial charge in [0.25, 0.3) is 0 Å². The van der Waals surface area contributed by atoms with Crippen LogP contribution in [0.1, 0.15) is 32.1 Å². The van der Waals surface area contributed by atoms with Crippen LogP contribution in [0.5, 0.6) is 0 Å². The molecule has 1 aliphatic carbocycles. The highest BCUT2D eigenvalue weighted by Crippen LogP contribution is 2.26. The highest BCUT2D eigenvalue weighted by molar-refractivity contribution is 7.92. The van der Waals surface area contributed by atoms with Crippen molar-refractivity contribution in [1.29, 1.82) is 0 Å². The zero-order chi connectivity index (χ0) is 11.6. The number of carbonyl (C=O) groups is 1. The van der Waals surface area contributed by atoms with Gasteiger partial charge in [-0.1, -0.05) is 12.8 Å². The number of carbonyl (C=O) groups excluding carboxylic acids is 1. The third kappa shape index (κ3) is 2.63. The van der Waals surface area contributed by atoms with Gasteiger partial charge in [-0.3, -0.25) is 4.79 Å². The van der Waals surface area contributed by atoms with Crippen molar-refractivity contribution in [2.24, 2.45) is 5.92 Å². The van der Waals surface area contributed by atoms with Crippen molar-refractivity contribution in [3.63, 3.8) is 0 Å². The molecule has 0 radical (unpaired) electrons. The van der Waals surface area contributed by atoms with Gasteiger partial charge in [0.05, 0.1) is 11.9 Å². The van der Waals surface area contributed by atoms with Gasteiger partial charge in [0.15, 0.2) is 15.6 Å². The van der Waals surface area contributed by atoms with E-state index in [0.29, 0.717) is 19.6 Å². The molecule has 2 aliphatic rings. The van der Waals surface area contributed by atoms with Crippen LogP contribution in [0, 0.1) is 5.92 Å². The molecule has 0 bridgehead atoms. The van der Waals surface area contributed by atoms with E-state index in [1.54, 1.807) is 0 Å². The number of ether oxygens (including phenoxy) is 1. The Kier molecular flexibility index (Phi) is 3.64. The van der Waals surface area contributed by atoms with Crippen LogP contribution in [0.25, 0.3) is 0 Å². The maximum absolute atomic E-state index is 11.9. The summed E-state index contributed by atoms with van der Waals surface area (Å²) in [6.07, 6.45) is 4.10. The normalized spacial score (nSPS) is 27.4. The van der Waals surface area contributed by atoms with Gasteiger partial charge in [0.1, 0.15) is 5.75 Å². The summed E-state index contributed by atoms with van der Waals surface area (Å²) >= 11 is 0. The number of hydrogen-bond acceptors (Lipinski definition) is 4.